The van der Waals surface area contributed by atoms with Gasteiger partial charge >= 0.3 is 0 Å². The highest BCUT2D eigenvalue weighted by molar-refractivity contribution is 5.31. The highest BCUT2D eigenvalue weighted by Crippen LogP contribution is 2.32. The van der Waals surface area contributed by atoms with E-state index in [-0.39, 0.29) is 6.67 Å². The second-order valence-corrected chi connectivity index (χ2v) is 6.03. The third-order valence-electron chi connectivity index (χ3n) is 4.50. The Balaban J connectivity index is 1.70. The number of hydrogen-bond acceptors (Lipinski definition) is 1. The molecule has 0 radical (unpaired) electrons. The first-order chi connectivity index (χ1) is 10.3. The molecule has 0 unspecified atom stereocenters. The smallest absolute Gasteiger partial charge is 0.0991 e. The lowest BCUT2D eigenvalue weighted by Gasteiger charge is -2.26. The summed E-state index contributed by atoms with van der Waals surface area (Å²) in [5.41, 5.74) is 2.07. The van der Waals surface area contributed by atoms with Gasteiger partial charge in [-0.15, -0.1) is 0 Å². The van der Waals surface area contributed by atoms with Crippen molar-refractivity contribution in [3.63, 3.8) is 0 Å². The minimum atomic E-state index is -0.240. The standard InChI is InChI=1S/C19H24FN/c20-14-2-1-3-16-4-6-17(7-5-16)8-9-18-10-12-19(15-21)13-11-18/h1,3,10-13,16-17H,2,4-9,14H2. The van der Waals surface area contributed by atoms with Gasteiger partial charge in [0, 0.05) is 0 Å². The zero-order valence-electron chi connectivity index (χ0n) is 12.6. The second-order valence-electron chi connectivity index (χ2n) is 6.03. The normalized spacial score (nSPS) is 22.3. The van der Waals surface area contributed by atoms with E-state index in [2.05, 4.69) is 24.3 Å². The maximum Gasteiger partial charge on any atom is 0.0991 e. The fourth-order valence-corrected chi connectivity index (χ4v) is 3.14. The molecule has 21 heavy (non-hydrogen) atoms. The molecule has 1 aromatic rings. The molecule has 1 saturated carbocycles. The number of rotatable bonds is 6. The molecule has 0 aromatic heterocycles. The van der Waals surface area contributed by atoms with Crippen LogP contribution in [0.2, 0.25) is 0 Å². The van der Waals surface area contributed by atoms with Crippen LogP contribution < -0.4 is 0 Å². The summed E-state index contributed by atoms with van der Waals surface area (Å²) in [6, 6.07) is 10.1. The molecular weight excluding hydrogens is 261 g/mol. The second kappa shape index (κ2) is 8.62. The van der Waals surface area contributed by atoms with E-state index >= 15 is 0 Å². The van der Waals surface area contributed by atoms with Crippen molar-refractivity contribution < 1.29 is 4.39 Å². The van der Waals surface area contributed by atoms with Gasteiger partial charge < -0.3 is 0 Å². The van der Waals surface area contributed by atoms with Crippen LogP contribution in [0.25, 0.3) is 0 Å². The first-order valence-corrected chi connectivity index (χ1v) is 8.03. The molecular formula is C19H24FN. The molecule has 112 valence electrons. The summed E-state index contributed by atoms with van der Waals surface area (Å²) in [6.07, 6.45) is 12.2. The molecule has 1 fully saturated rings. The van der Waals surface area contributed by atoms with Gasteiger partial charge in [0.05, 0.1) is 18.3 Å². The number of aryl methyl sites for hydroxylation is 1. The Morgan fingerprint density at radius 3 is 2.48 bits per heavy atom. The molecule has 0 amide bonds. The van der Waals surface area contributed by atoms with Crippen LogP contribution in [0.4, 0.5) is 4.39 Å². The molecule has 1 aliphatic rings. The Morgan fingerprint density at radius 1 is 1.14 bits per heavy atom. The molecule has 0 N–H and O–H groups in total. The minimum Gasteiger partial charge on any atom is -0.251 e. The first-order valence-electron chi connectivity index (χ1n) is 8.03. The Kier molecular flexibility index (Phi) is 6.47. The van der Waals surface area contributed by atoms with Crippen molar-refractivity contribution in [2.75, 3.05) is 6.67 Å². The molecule has 0 aliphatic heterocycles. The van der Waals surface area contributed by atoms with Crippen LogP contribution in [0.1, 0.15) is 49.7 Å². The first kappa shape index (κ1) is 15.8. The number of alkyl halides is 1. The predicted octanol–water partition coefficient (Wildman–Crippen LogP) is 5.21. The van der Waals surface area contributed by atoms with Crippen molar-refractivity contribution >= 4 is 0 Å². The van der Waals surface area contributed by atoms with Crippen LogP contribution in [0.15, 0.2) is 36.4 Å². The zero-order valence-corrected chi connectivity index (χ0v) is 12.6. The molecule has 0 saturated heterocycles. The summed E-state index contributed by atoms with van der Waals surface area (Å²) in [5, 5.41) is 8.79. The van der Waals surface area contributed by atoms with Crippen molar-refractivity contribution in [1.29, 1.82) is 5.26 Å². The monoisotopic (exact) mass is 285 g/mol. The number of nitrogens with zero attached hydrogens (tertiary/aromatic N) is 1. The van der Waals surface area contributed by atoms with Gasteiger partial charge in [-0.1, -0.05) is 24.3 Å². The average molecular weight is 285 g/mol. The van der Waals surface area contributed by atoms with E-state index in [1.54, 1.807) is 0 Å². The van der Waals surface area contributed by atoms with Gasteiger partial charge in [-0.25, -0.2) is 0 Å². The maximum atomic E-state index is 12.0. The van der Waals surface area contributed by atoms with Crippen LogP contribution >= 0.6 is 0 Å². The van der Waals surface area contributed by atoms with E-state index in [1.165, 1.54) is 37.7 Å². The summed E-state index contributed by atoms with van der Waals surface area (Å²) in [6.45, 7) is -0.240. The number of nitriles is 1. The van der Waals surface area contributed by atoms with E-state index in [0.29, 0.717) is 12.3 Å². The highest BCUT2D eigenvalue weighted by Gasteiger charge is 2.19. The van der Waals surface area contributed by atoms with Gasteiger partial charge in [-0.3, -0.25) is 4.39 Å². The lowest BCUT2D eigenvalue weighted by atomic mass is 9.79. The quantitative estimate of drug-likeness (QED) is 0.658. The van der Waals surface area contributed by atoms with E-state index in [0.717, 1.165) is 17.9 Å². The van der Waals surface area contributed by atoms with Gasteiger partial charge in [-0.2, -0.15) is 5.26 Å². The number of allylic oxidation sites excluding steroid dienone is 2. The summed E-state index contributed by atoms with van der Waals surface area (Å²) in [4.78, 5) is 0. The summed E-state index contributed by atoms with van der Waals surface area (Å²) < 4.78 is 12.0. The molecule has 2 rings (SSSR count). The van der Waals surface area contributed by atoms with Crippen molar-refractivity contribution in [3.8, 4) is 6.07 Å². The largest absolute Gasteiger partial charge is 0.251 e. The zero-order chi connectivity index (χ0) is 14.9. The topological polar surface area (TPSA) is 23.8 Å². The van der Waals surface area contributed by atoms with Crippen LogP contribution in [0.3, 0.4) is 0 Å². The maximum absolute atomic E-state index is 12.0. The lowest BCUT2D eigenvalue weighted by molar-refractivity contribution is 0.296. The third kappa shape index (κ3) is 5.34. The van der Waals surface area contributed by atoms with Gasteiger partial charge in [0.25, 0.3) is 0 Å². The predicted molar refractivity (Wildman–Crippen MR) is 84.7 cm³/mol. The molecule has 1 aromatic carbocycles. The Bertz CT molecular complexity index is 475. The van der Waals surface area contributed by atoms with E-state index in [1.807, 2.05) is 18.2 Å². The average Bonchev–Trinajstić information content (AvgIpc) is 2.55. The Morgan fingerprint density at radius 2 is 1.86 bits per heavy atom. The minimum absolute atomic E-state index is 0.240. The molecule has 0 heterocycles. The SMILES string of the molecule is N#Cc1ccc(CCC2CCC(C=CCCF)CC2)cc1. The Labute approximate surface area is 127 Å². The fourth-order valence-electron chi connectivity index (χ4n) is 3.14. The van der Waals surface area contributed by atoms with Gasteiger partial charge in [0.1, 0.15) is 0 Å². The lowest BCUT2D eigenvalue weighted by Crippen LogP contribution is -2.13. The van der Waals surface area contributed by atoms with Gasteiger partial charge in [0.15, 0.2) is 0 Å². The van der Waals surface area contributed by atoms with Crippen LogP contribution in [0, 0.1) is 23.2 Å². The van der Waals surface area contributed by atoms with Gasteiger partial charge in [0.2, 0.25) is 0 Å². The number of hydrogen-bond donors (Lipinski definition) is 0. The number of benzene rings is 1. The molecule has 0 atom stereocenters. The van der Waals surface area contributed by atoms with E-state index < -0.39 is 0 Å². The van der Waals surface area contributed by atoms with Crippen molar-refractivity contribution in [2.24, 2.45) is 11.8 Å². The van der Waals surface area contributed by atoms with E-state index in [9.17, 15) is 4.39 Å². The molecule has 1 nitrogen and oxygen atoms in total. The molecule has 0 spiro atoms. The Hall–Kier alpha value is -1.62. The highest BCUT2D eigenvalue weighted by atomic mass is 19.1. The van der Waals surface area contributed by atoms with Crippen LogP contribution in [-0.2, 0) is 6.42 Å². The molecule has 1 aliphatic carbocycles. The summed E-state index contributed by atoms with van der Waals surface area (Å²) >= 11 is 0. The van der Waals surface area contributed by atoms with Crippen LogP contribution in [-0.4, -0.2) is 6.67 Å². The fraction of sp³-hybridized carbons (Fsp3) is 0.526. The molecule has 0 bridgehead atoms. The summed E-state index contributed by atoms with van der Waals surface area (Å²) in [7, 11) is 0. The number of halogens is 1. The van der Waals surface area contributed by atoms with E-state index in [4.69, 9.17) is 5.26 Å². The third-order valence-corrected chi connectivity index (χ3v) is 4.50. The van der Waals surface area contributed by atoms with Crippen molar-refractivity contribution in [2.45, 2.75) is 44.9 Å². The van der Waals surface area contributed by atoms with Crippen LogP contribution in [0.5, 0.6) is 0 Å². The molecule has 2 heteroatoms. The summed E-state index contributed by atoms with van der Waals surface area (Å²) in [5.74, 6) is 1.49. The van der Waals surface area contributed by atoms with Crippen molar-refractivity contribution in [1.82, 2.24) is 0 Å². The van der Waals surface area contributed by atoms with Crippen molar-refractivity contribution in [3.05, 3.63) is 47.5 Å². The van der Waals surface area contributed by atoms with Gasteiger partial charge in [-0.05, 0) is 74.5 Å².